The fraction of sp³-hybridized carbons (Fsp3) is 0.576. The fourth-order valence-electron chi connectivity index (χ4n) is 4.52. The highest BCUT2D eigenvalue weighted by Crippen LogP contribution is 2.41. The molecular weight excluding hydrogens is 396 g/mol. The zero-order valence-corrected chi connectivity index (χ0v) is 23.0. The van der Waals surface area contributed by atoms with Gasteiger partial charge in [-0.05, 0) is 79.1 Å². The molecule has 0 saturated heterocycles. The molecule has 33 heavy (non-hydrogen) atoms. The van der Waals surface area contributed by atoms with E-state index in [0.717, 1.165) is 32.1 Å². The summed E-state index contributed by atoms with van der Waals surface area (Å²) in [7, 11) is 0. The van der Waals surface area contributed by atoms with Crippen molar-refractivity contribution in [1.29, 1.82) is 0 Å². The van der Waals surface area contributed by atoms with Crippen LogP contribution in [0, 0.1) is 22.2 Å². The first-order valence-corrected chi connectivity index (χ1v) is 13.0. The molecule has 2 atom stereocenters. The SMILES string of the molecule is C=CC(CC(C)(C)C/C=C/CC/C=C/CC(C)(C)C(C)c1ccccc1)C(C)(C)C/C=C/C. The monoisotopic (exact) mass is 448 g/mol. The molecule has 0 bridgehead atoms. The molecular formula is C33H52. The van der Waals surface area contributed by atoms with Gasteiger partial charge in [0.1, 0.15) is 0 Å². The van der Waals surface area contributed by atoms with Crippen molar-refractivity contribution >= 4 is 0 Å². The maximum atomic E-state index is 4.15. The predicted octanol–water partition coefficient (Wildman–Crippen LogP) is 10.7. The maximum Gasteiger partial charge on any atom is -0.0136 e. The van der Waals surface area contributed by atoms with E-state index in [0.29, 0.717) is 11.8 Å². The summed E-state index contributed by atoms with van der Waals surface area (Å²) >= 11 is 0. The average Bonchev–Trinajstić information content (AvgIpc) is 2.77. The van der Waals surface area contributed by atoms with Crippen LogP contribution in [-0.4, -0.2) is 0 Å². The molecule has 0 aliphatic rings. The minimum absolute atomic E-state index is 0.256. The van der Waals surface area contributed by atoms with E-state index < -0.39 is 0 Å². The lowest BCUT2D eigenvalue weighted by Gasteiger charge is -2.37. The van der Waals surface area contributed by atoms with E-state index in [1.54, 1.807) is 0 Å². The lowest BCUT2D eigenvalue weighted by atomic mass is 9.68. The van der Waals surface area contributed by atoms with Crippen LogP contribution in [0.1, 0.15) is 105 Å². The van der Waals surface area contributed by atoms with E-state index in [1.807, 2.05) is 0 Å². The topological polar surface area (TPSA) is 0 Å². The molecule has 0 aliphatic carbocycles. The summed E-state index contributed by atoms with van der Waals surface area (Å²) in [6.45, 7) is 22.9. The third-order valence-corrected chi connectivity index (χ3v) is 7.56. The molecule has 1 aromatic carbocycles. The van der Waals surface area contributed by atoms with E-state index in [9.17, 15) is 0 Å². The van der Waals surface area contributed by atoms with Crippen molar-refractivity contribution < 1.29 is 0 Å². The van der Waals surface area contributed by atoms with Crippen LogP contribution in [0.5, 0.6) is 0 Å². The number of allylic oxidation sites excluding steroid dienone is 7. The molecule has 0 amide bonds. The molecule has 0 fully saturated rings. The summed E-state index contributed by atoms with van der Waals surface area (Å²) in [5.41, 5.74) is 2.24. The van der Waals surface area contributed by atoms with Crippen molar-refractivity contribution in [2.24, 2.45) is 22.2 Å². The normalized spacial score (nSPS) is 15.5. The molecule has 0 aromatic heterocycles. The van der Waals surface area contributed by atoms with Gasteiger partial charge in [0.15, 0.2) is 0 Å². The van der Waals surface area contributed by atoms with E-state index in [1.165, 1.54) is 12.0 Å². The van der Waals surface area contributed by atoms with Crippen molar-refractivity contribution in [3.05, 3.63) is 85.0 Å². The van der Waals surface area contributed by atoms with Gasteiger partial charge in [-0.1, -0.05) is 121 Å². The van der Waals surface area contributed by atoms with Gasteiger partial charge in [-0.3, -0.25) is 0 Å². The molecule has 0 heteroatoms. The predicted molar refractivity (Wildman–Crippen MR) is 151 cm³/mol. The zero-order valence-electron chi connectivity index (χ0n) is 23.0. The van der Waals surface area contributed by atoms with Gasteiger partial charge in [0.05, 0.1) is 0 Å². The minimum Gasteiger partial charge on any atom is -0.103 e. The number of benzene rings is 1. The second kappa shape index (κ2) is 13.8. The zero-order chi connectivity index (χ0) is 25.0. The van der Waals surface area contributed by atoms with Crippen LogP contribution in [0.15, 0.2) is 79.4 Å². The summed E-state index contributed by atoms with van der Waals surface area (Å²) in [4.78, 5) is 0. The van der Waals surface area contributed by atoms with E-state index in [2.05, 4.69) is 135 Å². The van der Waals surface area contributed by atoms with Gasteiger partial charge in [0.2, 0.25) is 0 Å². The molecule has 0 radical (unpaired) electrons. The Kier molecular flexibility index (Phi) is 12.2. The van der Waals surface area contributed by atoms with Crippen LogP contribution in [0.3, 0.4) is 0 Å². The maximum absolute atomic E-state index is 4.15. The van der Waals surface area contributed by atoms with Crippen molar-refractivity contribution in [2.75, 3.05) is 0 Å². The first kappa shape index (κ1) is 29.2. The second-order valence-electron chi connectivity index (χ2n) is 12.0. The summed E-state index contributed by atoms with van der Waals surface area (Å²) in [5.74, 6) is 1.08. The first-order valence-electron chi connectivity index (χ1n) is 13.0. The molecule has 0 N–H and O–H groups in total. The highest BCUT2D eigenvalue weighted by atomic mass is 14.4. The van der Waals surface area contributed by atoms with Crippen molar-refractivity contribution in [3.8, 4) is 0 Å². The molecule has 0 nitrogen and oxygen atoms in total. The number of hydrogen-bond donors (Lipinski definition) is 0. The van der Waals surface area contributed by atoms with Gasteiger partial charge < -0.3 is 0 Å². The molecule has 0 heterocycles. The molecule has 0 aliphatic heterocycles. The molecule has 0 saturated carbocycles. The average molecular weight is 449 g/mol. The smallest absolute Gasteiger partial charge is 0.0136 e. The highest BCUT2D eigenvalue weighted by Gasteiger charge is 2.31. The Hall–Kier alpha value is -1.82. The number of unbranched alkanes of at least 4 members (excludes halogenated alkanes) is 1. The Morgan fingerprint density at radius 2 is 1.30 bits per heavy atom. The Bertz CT molecular complexity index is 754. The summed E-state index contributed by atoms with van der Waals surface area (Å²) < 4.78 is 0. The second-order valence-corrected chi connectivity index (χ2v) is 12.0. The van der Waals surface area contributed by atoms with Crippen LogP contribution in [-0.2, 0) is 0 Å². The quantitative estimate of drug-likeness (QED) is 0.185. The Balaban J connectivity index is 2.44. The van der Waals surface area contributed by atoms with Crippen LogP contribution in [0.2, 0.25) is 0 Å². The van der Waals surface area contributed by atoms with Gasteiger partial charge in [-0.25, -0.2) is 0 Å². The summed E-state index contributed by atoms with van der Waals surface area (Å²) in [5, 5.41) is 0. The molecule has 1 aromatic rings. The van der Waals surface area contributed by atoms with E-state index >= 15 is 0 Å². The fourth-order valence-corrected chi connectivity index (χ4v) is 4.52. The van der Waals surface area contributed by atoms with Crippen LogP contribution < -0.4 is 0 Å². The first-order chi connectivity index (χ1) is 15.4. The standard InChI is InChI=1S/C33H52/c1-10-12-25-33(8,9)30(11-2)27-31(4,5)24-20-15-13-14-16-21-26-32(6,7)28(3)29-22-18-17-19-23-29/h10-12,15-23,28,30H,2,13-14,24-27H2,1,3-9H3/b12-10+,20-15+,21-16+. The van der Waals surface area contributed by atoms with E-state index in [-0.39, 0.29) is 16.2 Å². The van der Waals surface area contributed by atoms with Crippen LogP contribution in [0.25, 0.3) is 0 Å². The Morgan fingerprint density at radius 3 is 1.85 bits per heavy atom. The third kappa shape index (κ3) is 10.8. The highest BCUT2D eigenvalue weighted by molar-refractivity contribution is 5.21. The molecule has 0 spiro atoms. The molecule has 1 rings (SSSR count). The van der Waals surface area contributed by atoms with Crippen LogP contribution >= 0.6 is 0 Å². The molecule has 184 valence electrons. The van der Waals surface area contributed by atoms with Crippen molar-refractivity contribution in [3.63, 3.8) is 0 Å². The van der Waals surface area contributed by atoms with Gasteiger partial charge in [-0.2, -0.15) is 0 Å². The van der Waals surface area contributed by atoms with Gasteiger partial charge >= 0.3 is 0 Å². The largest absolute Gasteiger partial charge is 0.103 e. The number of hydrogen-bond acceptors (Lipinski definition) is 0. The Labute approximate surface area is 207 Å². The molecule has 2 unspecified atom stereocenters. The summed E-state index contributed by atoms with van der Waals surface area (Å²) in [6.07, 6.45) is 22.9. The van der Waals surface area contributed by atoms with Crippen LogP contribution in [0.4, 0.5) is 0 Å². The lowest BCUT2D eigenvalue weighted by molar-refractivity contribution is 0.179. The van der Waals surface area contributed by atoms with Crippen molar-refractivity contribution in [1.82, 2.24) is 0 Å². The Morgan fingerprint density at radius 1 is 0.758 bits per heavy atom. The lowest BCUT2D eigenvalue weighted by Crippen LogP contribution is -2.27. The third-order valence-electron chi connectivity index (χ3n) is 7.56. The van der Waals surface area contributed by atoms with Gasteiger partial charge in [0, 0.05) is 0 Å². The summed E-state index contributed by atoms with van der Waals surface area (Å²) in [6, 6.07) is 10.9. The number of rotatable bonds is 15. The van der Waals surface area contributed by atoms with Gasteiger partial charge in [0.25, 0.3) is 0 Å². The van der Waals surface area contributed by atoms with Gasteiger partial charge in [-0.15, -0.1) is 6.58 Å². The van der Waals surface area contributed by atoms with Crippen molar-refractivity contribution in [2.45, 2.75) is 99.8 Å². The van der Waals surface area contributed by atoms with E-state index in [4.69, 9.17) is 0 Å². The minimum atomic E-state index is 0.256.